The average molecular weight is 229 g/mol. The van der Waals surface area contributed by atoms with Crippen molar-refractivity contribution in [1.82, 2.24) is 15.3 Å². The van der Waals surface area contributed by atoms with Gasteiger partial charge in [0, 0.05) is 6.04 Å². The van der Waals surface area contributed by atoms with Crippen LogP contribution in [0.3, 0.4) is 0 Å². The van der Waals surface area contributed by atoms with E-state index in [4.69, 9.17) is 0 Å². The number of nitrogens with zero attached hydrogens (tertiary/aromatic N) is 1. The van der Waals surface area contributed by atoms with E-state index in [0.29, 0.717) is 0 Å². The van der Waals surface area contributed by atoms with E-state index < -0.39 is 0 Å². The van der Waals surface area contributed by atoms with Crippen LogP contribution < -0.4 is 5.32 Å². The van der Waals surface area contributed by atoms with Crippen molar-refractivity contribution in [3.63, 3.8) is 0 Å². The van der Waals surface area contributed by atoms with Crippen LogP contribution in [0.15, 0.2) is 24.5 Å². The summed E-state index contributed by atoms with van der Waals surface area (Å²) >= 11 is 0. The highest BCUT2D eigenvalue weighted by molar-refractivity contribution is 5.74. The smallest absolute Gasteiger partial charge is 0.0931 e. The van der Waals surface area contributed by atoms with Crippen LogP contribution in [0.5, 0.6) is 0 Å². The van der Waals surface area contributed by atoms with Crippen LogP contribution in [0.1, 0.15) is 31.2 Å². The summed E-state index contributed by atoms with van der Waals surface area (Å²) in [6.45, 7) is 1.20. The van der Waals surface area contributed by atoms with E-state index >= 15 is 0 Å². The Morgan fingerprint density at radius 2 is 2.29 bits per heavy atom. The number of hydrogen-bond acceptors (Lipinski definition) is 2. The van der Waals surface area contributed by atoms with Gasteiger partial charge in [-0.3, -0.25) is 0 Å². The molecule has 3 nitrogen and oxygen atoms in total. The molecular weight excluding hydrogens is 210 g/mol. The Hall–Kier alpha value is -1.35. The third-order valence-corrected chi connectivity index (χ3v) is 3.68. The Balaban J connectivity index is 1.63. The number of hydrogen-bond donors (Lipinski definition) is 2. The molecule has 1 aliphatic heterocycles. The molecule has 0 spiro atoms. The number of benzene rings is 1. The molecule has 2 heterocycles. The second-order valence-corrected chi connectivity index (χ2v) is 4.94. The lowest BCUT2D eigenvalue weighted by Gasteiger charge is -2.23. The van der Waals surface area contributed by atoms with Gasteiger partial charge >= 0.3 is 0 Å². The van der Waals surface area contributed by atoms with Crippen molar-refractivity contribution in [3.8, 4) is 0 Å². The molecular formula is C14H19N3. The number of aromatic nitrogens is 2. The number of imidazole rings is 1. The molecule has 1 aliphatic rings. The fraction of sp³-hybridized carbons (Fsp3) is 0.500. The predicted octanol–water partition coefficient (Wildman–Crippen LogP) is 2.64. The molecule has 0 amide bonds. The molecule has 1 fully saturated rings. The van der Waals surface area contributed by atoms with Crippen molar-refractivity contribution in [1.29, 1.82) is 0 Å². The van der Waals surface area contributed by atoms with Crippen molar-refractivity contribution >= 4 is 11.0 Å². The van der Waals surface area contributed by atoms with E-state index in [9.17, 15) is 0 Å². The van der Waals surface area contributed by atoms with Gasteiger partial charge in [0.25, 0.3) is 0 Å². The van der Waals surface area contributed by atoms with Gasteiger partial charge in [-0.25, -0.2) is 4.98 Å². The summed E-state index contributed by atoms with van der Waals surface area (Å²) < 4.78 is 0. The van der Waals surface area contributed by atoms with Crippen LogP contribution in [0.2, 0.25) is 0 Å². The summed E-state index contributed by atoms with van der Waals surface area (Å²) in [5, 5.41) is 3.60. The maximum atomic E-state index is 4.24. The normalized spacial score (nSPS) is 20.8. The topological polar surface area (TPSA) is 40.7 Å². The maximum absolute atomic E-state index is 4.24. The molecule has 0 saturated carbocycles. The molecule has 17 heavy (non-hydrogen) atoms. The molecule has 1 aromatic heterocycles. The van der Waals surface area contributed by atoms with Gasteiger partial charge in [0.2, 0.25) is 0 Å². The van der Waals surface area contributed by atoms with Crippen LogP contribution in [0, 0.1) is 0 Å². The minimum absolute atomic E-state index is 0.723. The van der Waals surface area contributed by atoms with Gasteiger partial charge in [-0.2, -0.15) is 0 Å². The highest BCUT2D eigenvalue weighted by Gasteiger charge is 2.12. The third kappa shape index (κ3) is 2.50. The minimum atomic E-state index is 0.723. The standard InChI is InChI=1S/C14H19N3/c1-2-8-15-12(3-1)6-4-11-5-7-13-14(9-11)17-10-16-13/h5,7,9-10,12,15H,1-4,6,8H2,(H,16,17). The lowest BCUT2D eigenvalue weighted by atomic mass is 9.98. The zero-order chi connectivity index (χ0) is 11.5. The zero-order valence-corrected chi connectivity index (χ0v) is 10.1. The van der Waals surface area contributed by atoms with Crippen molar-refractivity contribution in [2.75, 3.05) is 6.54 Å². The quantitative estimate of drug-likeness (QED) is 0.849. The monoisotopic (exact) mass is 229 g/mol. The van der Waals surface area contributed by atoms with Crippen LogP contribution in [0.4, 0.5) is 0 Å². The van der Waals surface area contributed by atoms with Crippen molar-refractivity contribution < 1.29 is 0 Å². The van der Waals surface area contributed by atoms with E-state index in [1.807, 2.05) is 0 Å². The van der Waals surface area contributed by atoms with Gasteiger partial charge in [0.1, 0.15) is 0 Å². The number of H-pyrrole nitrogens is 1. The van der Waals surface area contributed by atoms with Gasteiger partial charge < -0.3 is 10.3 Å². The summed E-state index contributed by atoms with van der Waals surface area (Å²) in [4.78, 5) is 7.41. The molecule has 3 heteroatoms. The number of aryl methyl sites for hydroxylation is 1. The summed E-state index contributed by atoms with van der Waals surface area (Å²) in [7, 11) is 0. The highest BCUT2D eigenvalue weighted by Crippen LogP contribution is 2.16. The number of rotatable bonds is 3. The summed E-state index contributed by atoms with van der Waals surface area (Å²) in [5.74, 6) is 0. The van der Waals surface area contributed by atoms with Crippen LogP contribution in [-0.2, 0) is 6.42 Å². The van der Waals surface area contributed by atoms with Crippen LogP contribution in [-0.4, -0.2) is 22.6 Å². The molecule has 2 N–H and O–H groups in total. The van der Waals surface area contributed by atoms with Crippen molar-refractivity contribution in [3.05, 3.63) is 30.1 Å². The fourth-order valence-corrected chi connectivity index (χ4v) is 2.65. The van der Waals surface area contributed by atoms with Crippen molar-refractivity contribution in [2.24, 2.45) is 0 Å². The lowest BCUT2D eigenvalue weighted by Crippen LogP contribution is -2.34. The summed E-state index contributed by atoms with van der Waals surface area (Å²) in [6, 6.07) is 7.26. The molecule has 0 aliphatic carbocycles. The van der Waals surface area contributed by atoms with Crippen molar-refractivity contribution in [2.45, 2.75) is 38.1 Å². The second kappa shape index (κ2) is 4.88. The first-order valence-corrected chi connectivity index (χ1v) is 6.57. The van der Waals surface area contributed by atoms with Gasteiger partial charge in [0.15, 0.2) is 0 Å². The molecule has 0 bridgehead atoms. The molecule has 1 unspecified atom stereocenters. The Morgan fingerprint density at radius 1 is 1.29 bits per heavy atom. The predicted molar refractivity (Wildman–Crippen MR) is 70.1 cm³/mol. The highest BCUT2D eigenvalue weighted by atomic mass is 14.9. The summed E-state index contributed by atoms with van der Waals surface area (Å²) in [6.07, 6.45) is 8.24. The van der Waals surface area contributed by atoms with Gasteiger partial charge in [0.05, 0.1) is 17.4 Å². The first-order chi connectivity index (χ1) is 8.42. The number of piperidine rings is 1. The average Bonchev–Trinajstić information content (AvgIpc) is 2.85. The second-order valence-electron chi connectivity index (χ2n) is 4.94. The number of fused-ring (bicyclic) bond motifs is 1. The Labute approximate surface area is 102 Å². The van der Waals surface area contributed by atoms with E-state index in [1.54, 1.807) is 6.33 Å². The van der Waals surface area contributed by atoms with E-state index in [-0.39, 0.29) is 0 Å². The van der Waals surface area contributed by atoms with E-state index in [1.165, 1.54) is 37.8 Å². The molecule has 90 valence electrons. The minimum Gasteiger partial charge on any atom is -0.345 e. The van der Waals surface area contributed by atoms with E-state index in [0.717, 1.165) is 23.5 Å². The van der Waals surface area contributed by atoms with Gasteiger partial charge in [-0.15, -0.1) is 0 Å². The summed E-state index contributed by atoms with van der Waals surface area (Å²) in [5.41, 5.74) is 3.62. The Kier molecular flexibility index (Phi) is 3.10. The SMILES string of the molecule is c1nc2ccc(CCC3CCCCN3)cc2[nH]1. The fourth-order valence-electron chi connectivity index (χ4n) is 2.65. The molecule has 0 radical (unpaired) electrons. The molecule has 2 aromatic rings. The zero-order valence-electron chi connectivity index (χ0n) is 10.1. The van der Waals surface area contributed by atoms with Crippen LogP contribution >= 0.6 is 0 Å². The first kappa shape index (κ1) is 10.8. The maximum Gasteiger partial charge on any atom is 0.0931 e. The number of nitrogens with one attached hydrogen (secondary N) is 2. The van der Waals surface area contributed by atoms with Crippen LogP contribution in [0.25, 0.3) is 11.0 Å². The molecule has 1 saturated heterocycles. The van der Waals surface area contributed by atoms with E-state index in [2.05, 4.69) is 33.5 Å². The Bertz CT molecular complexity index is 483. The largest absolute Gasteiger partial charge is 0.345 e. The van der Waals surface area contributed by atoms with Gasteiger partial charge in [-0.1, -0.05) is 12.5 Å². The Morgan fingerprint density at radius 3 is 3.18 bits per heavy atom. The van der Waals surface area contributed by atoms with Gasteiger partial charge in [-0.05, 0) is 49.9 Å². The molecule has 1 aromatic carbocycles. The lowest BCUT2D eigenvalue weighted by molar-refractivity contribution is 0.383. The first-order valence-electron chi connectivity index (χ1n) is 6.57. The molecule has 3 rings (SSSR count). The molecule has 1 atom stereocenters. The number of aromatic amines is 1. The third-order valence-electron chi connectivity index (χ3n) is 3.68.